The average Bonchev–Trinajstić information content (AvgIpc) is 2.74. The van der Waals surface area contributed by atoms with Gasteiger partial charge in [-0.1, -0.05) is 49.4 Å². The Bertz CT molecular complexity index is 1060. The molecule has 0 bridgehead atoms. The molecule has 1 atom stereocenters. The van der Waals surface area contributed by atoms with Gasteiger partial charge in [0.1, 0.15) is 11.0 Å². The Hall–Kier alpha value is -2.80. The zero-order valence-corrected chi connectivity index (χ0v) is 17.6. The number of hydrogen-bond acceptors (Lipinski definition) is 6. The third kappa shape index (κ3) is 4.45. The third-order valence-electron chi connectivity index (χ3n) is 4.42. The van der Waals surface area contributed by atoms with E-state index in [2.05, 4.69) is 0 Å². The fourth-order valence-corrected chi connectivity index (χ4v) is 4.28. The van der Waals surface area contributed by atoms with E-state index in [1.165, 1.54) is 16.3 Å². The van der Waals surface area contributed by atoms with E-state index in [9.17, 15) is 9.59 Å². The van der Waals surface area contributed by atoms with Gasteiger partial charge in [0.25, 0.3) is 5.56 Å². The predicted octanol–water partition coefficient (Wildman–Crippen LogP) is 4.22. The van der Waals surface area contributed by atoms with Gasteiger partial charge in [0, 0.05) is 0 Å². The lowest BCUT2D eigenvalue weighted by Gasteiger charge is -2.19. The molecule has 0 aliphatic heterocycles. The van der Waals surface area contributed by atoms with Crippen LogP contribution in [0.25, 0.3) is 16.6 Å². The standard InChI is InChI=1S/C22H24N2O4S/c1-4-10-19(21(26)28-5-2)29-22-23-16-12-7-6-11-15(16)20(25)24(22)17-13-8-9-14-18(17)27-3/h6-9,11-14,19H,4-5,10H2,1-3H3. The topological polar surface area (TPSA) is 70.4 Å². The zero-order valence-electron chi connectivity index (χ0n) is 16.8. The fourth-order valence-electron chi connectivity index (χ4n) is 3.07. The van der Waals surface area contributed by atoms with Crippen molar-refractivity contribution >= 4 is 28.6 Å². The van der Waals surface area contributed by atoms with Crippen LogP contribution in [-0.2, 0) is 9.53 Å². The number of carbonyl (C=O) groups excluding carboxylic acids is 1. The van der Waals surface area contributed by atoms with Crippen LogP contribution in [0.4, 0.5) is 0 Å². The highest BCUT2D eigenvalue weighted by Gasteiger charge is 2.25. The van der Waals surface area contributed by atoms with Gasteiger partial charge < -0.3 is 9.47 Å². The van der Waals surface area contributed by atoms with Crippen molar-refractivity contribution in [3.05, 3.63) is 58.9 Å². The van der Waals surface area contributed by atoms with Crippen molar-refractivity contribution in [3.8, 4) is 11.4 Å². The highest BCUT2D eigenvalue weighted by molar-refractivity contribution is 8.00. The molecule has 1 heterocycles. The molecule has 0 radical (unpaired) electrons. The van der Waals surface area contributed by atoms with Crippen molar-refractivity contribution in [1.29, 1.82) is 0 Å². The molecule has 3 rings (SSSR count). The van der Waals surface area contributed by atoms with Gasteiger partial charge in [0.15, 0.2) is 5.16 Å². The number of ether oxygens (including phenoxy) is 2. The molecule has 0 aliphatic rings. The largest absolute Gasteiger partial charge is 0.495 e. The third-order valence-corrected chi connectivity index (χ3v) is 5.62. The number of thioether (sulfide) groups is 1. The Morgan fingerprint density at radius 3 is 2.59 bits per heavy atom. The van der Waals surface area contributed by atoms with Crippen LogP contribution in [-0.4, -0.2) is 34.5 Å². The summed E-state index contributed by atoms with van der Waals surface area (Å²) in [5, 5.41) is 0.490. The first kappa shape index (κ1) is 20.9. The molecule has 1 aromatic heterocycles. The van der Waals surface area contributed by atoms with Crippen LogP contribution in [0.3, 0.4) is 0 Å². The van der Waals surface area contributed by atoms with Crippen molar-refractivity contribution in [2.24, 2.45) is 0 Å². The second-order valence-electron chi connectivity index (χ2n) is 6.37. The minimum Gasteiger partial charge on any atom is -0.495 e. The molecule has 0 saturated carbocycles. The molecule has 0 fully saturated rings. The monoisotopic (exact) mass is 412 g/mol. The Labute approximate surface area is 173 Å². The van der Waals surface area contributed by atoms with E-state index in [1.54, 1.807) is 38.3 Å². The van der Waals surface area contributed by atoms with E-state index in [0.717, 1.165) is 6.42 Å². The second-order valence-corrected chi connectivity index (χ2v) is 7.54. The number of esters is 1. The molecule has 152 valence electrons. The average molecular weight is 413 g/mol. The number of nitrogens with zero attached hydrogens (tertiary/aromatic N) is 2. The van der Waals surface area contributed by atoms with E-state index >= 15 is 0 Å². The van der Waals surface area contributed by atoms with Crippen molar-refractivity contribution in [2.75, 3.05) is 13.7 Å². The number of carbonyl (C=O) groups is 1. The molecule has 7 heteroatoms. The van der Waals surface area contributed by atoms with Gasteiger partial charge in [-0.3, -0.25) is 14.2 Å². The van der Waals surface area contributed by atoms with E-state index in [0.29, 0.717) is 40.5 Å². The molecule has 0 amide bonds. The normalized spacial score (nSPS) is 12.0. The quantitative estimate of drug-likeness (QED) is 0.313. The summed E-state index contributed by atoms with van der Waals surface area (Å²) in [6.07, 6.45) is 1.43. The summed E-state index contributed by atoms with van der Waals surface area (Å²) in [6.45, 7) is 4.10. The van der Waals surface area contributed by atoms with Crippen molar-refractivity contribution in [1.82, 2.24) is 9.55 Å². The first-order valence-corrected chi connectivity index (χ1v) is 10.5. The number of benzene rings is 2. The highest BCUT2D eigenvalue weighted by atomic mass is 32.2. The summed E-state index contributed by atoms with van der Waals surface area (Å²) in [6, 6.07) is 14.5. The van der Waals surface area contributed by atoms with Crippen LogP contribution in [0.1, 0.15) is 26.7 Å². The summed E-state index contributed by atoms with van der Waals surface area (Å²) in [5.41, 5.74) is 0.965. The lowest BCUT2D eigenvalue weighted by atomic mass is 10.2. The maximum absolute atomic E-state index is 13.4. The number of fused-ring (bicyclic) bond motifs is 1. The molecule has 0 N–H and O–H groups in total. The maximum Gasteiger partial charge on any atom is 0.319 e. The molecule has 2 aromatic carbocycles. The Balaban J connectivity index is 2.22. The van der Waals surface area contributed by atoms with Gasteiger partial charge in [0.05, 0.1) is 30.3 Å². The van der Waals surface area contributed by atoms with Gasteiger partial charge in [-0.05, 0) is 37.6 Å². The number of hydrogen-bond donors (Lipinski definition) is 0. The van der Waals surface area contributed by atoms with E-state index in [4.69, 9.17) is 14.5 Å². The van der Waals surface area contributed by atoms with Crippen LogP contribution in [0.15, 0.2) is 58.5 Å². The first-order chi connectivity index (χ1) is 14.1. The number of para-hydroxylation sites is 3. The SMILES string of the molecule is CCCC(Sc1nc2ccccc2c(=O)n1-c1ccccc1OC)C(=O)OCC. The van der Waals surface area contributed by atoms with Crippen LogP contribution in [0.2, 0.25) is 0 Å². The number of aromatic nitrogens is 2. The lowest BCUT2D eigenvalue weighted by Crippen LogP contribution is -2.26. The lowest BCUT2D eigenvalue weighted by molar-refractivity contribution is -0.142. The molecular formula is C22H24N2O4S. The summed E-state index contributed by atoms with van der Waals surface area (Å²) in [4.78, 5) is 30.6. The zero-order chi connectivity index (χ0) is 20.8. The molecule has 1 unspecified atom stereocenters. The molecule has 0 saturated heterocycles. The maximum atomic E-state index is 13.4. The van der Waals surface area contributed by atoms with Gasteiger partial charge in [-0.15, -0.1) is 0 Å². The number of methoxy groups -OCH3 is 1. The van der Waals surface area contributed by atoms with E-state index < -0.39 is 5.25 Å². The molecule has 6 nitrogen and oxygen atoms in total. The minimum absolute atomic E-state index is 0.207. The van der Waals surface area contributed by atoms with Crippen molar-refractivity contribution in [2.45, 2.75) is 37.1 Å². The van der Waals surface area contributed by atoms with Gasteiger partial charge in [-0.25, -0.2) is 4.98 Å². The Morgan fingerprint density at radius 2 is 1.86 bits per heavy atom. The van der Waals surface area contributed by atoms with Gasteiger partial charge in [-0.2, -0.15) is 0 Å². The molecular weight excluding hydrogens is 388 g/mol. The highest BCUT2D eigenvalue weighted by Crippen LogP contribution is 2.31. The smallest absolute Gasteiger partial charge is 0.319 e. The first-order valence-electron chi connectivity index (χ1n) is 9.59. The van der Waals surface area contributed by atoms with Crippen LogP contribution in [0, 0.1) is 0 Å². The molecule has 0 aliphatic carbocycles. The van der Waals surface area contributed by atoms with E-state index in [-0.39, 0.29) is 11.5 Å². The Morgan fingerprint density at radius 1 is 1.14 bits per heavy atom. The van der Waals surface area contributed by atoms with Gasteiger partial charge >= 0.3 is 5.97 Å². The van der Waals surface area contributed by atoms with Gasteiger partial charge in [0.2, 0.25) is 0 Å². The minimum atomic E-state index is -0.450. The summed E-state index contributed by atoms with van der Waals surface area (Å²) < 4.78 is 12.2. The van der Waals surface area contributed by atoms with E-state index in [1.807, 2.05) is 31.2 Å². The molecule has 3 aromatic rings. The molecule has 29 heavy (non-hydrogen) atoms. The molecule has 0 spiro atoms. The van der Waals surface area contributed by atoms with Crippen molar-refractivity contribution < 1.29 is 14.3 Å². The summed E-state index contributed by atoms with van der Waals surface area (Å²) in [5.74, 6) is 0.255. The Kier molecular flexibility index (Phi) is 6.93. The second kappa shape index (κ2) is 9.60. The van der Waals surface area contributed by atoms with Crippen LogP contribution < -0.4 is 10.3 Å². The summed E-state index contributed by atoms with van der Waals surface area (Å²) in [7, 11) is 1.56. The number of rotatable bonds is 8. The van der Waals surface area contributed by atoms with Crippen LogP contribution >= 0.6 is 11.8 Å². The fraction of sp³-hybridized carbons (Fsp3) is 0.318. The summed E-state index contributed by atoms with van der Waals surface area (Å²) >= 11 is 1.25. The predicted molar refractivity (Wildman–Crippen MR) is 115 cm³/mol. The van der Waals surface area contributed by atoms with Crippen molar-refractivity contribution in [3.63, 3.8) is 0 Å². The van der Waals surface area contributed by atoms with Crippen LogP contribution in [0.5, 0.6) is 5.75 Å².